The minimum Gasteiger partial charge on any atom is -0.261 e. The molecule has 1 aliphatic heterocycles. The quantitative estimate of drug-likeness (QED) is 0.706. The van der Waals surface area contributed by atoms with Crippen molar-refractivity contribution >= 4 is 34.2 Å². The van der Waals surface area contributed by atoms with Crippen molar-refractivity contribution in [3.63, 3.8) is 0 Å². The molecule has 22 heavy (non-hydrogen) atoms. The highest BCUT2D eigenvalue weighted by molar-refractivity contribution is 7.99. The van der Waals surface area contributed by atoms with Gasteiger partial charge in [0.25, 0.3) is 0 Å². The van der Waals surface area contributed by atoms with Crippen LogP contribution >= 0.6 is 11.8 Å². The molecule has 0 radical (unpaired) electrons. The van der Waals surface area contributed by atoms with E-state index < -0.39 is 0 Å². The second kappa shape index (κ2) is 5.81. The number of pyridine rings is 1. The van der Waals surface area contributed by atoms with E-state index in [1.54, 1.807) is 0 Å². The van der Waals surface area contributed by atoms with Gasteiger partial charge in [-0.15, -0.1) is 11.8 Å². The summed E-state index contributed by atoms with van der Waals surface area (Å²) in [7, 11) is 0. The molecule has 1 N–H and O–H groups in total. The van der Waals surface area contributed by atoms with E-state index in [0.717, 1.165) is 34.6 Å². The molecule has 0 spiro atoms. The number of nitrogens with zero attached hydrogens (tertiary/aromatic N) is 2. The van der Waals surface area contributed by atoms with E-state index in [2.05, 4.69) is 51.9 Å². The molecule has 0 unspecified atom stereocenters. The third-order valence-electron chi connectivity index (χ3n) is 3.70. The van der Waals surface area contributed by atoms with Gasteiger partial charge in [-0.05, 0) is 24.3 Å². The number of aromatic nitrogens is 1. The van der Waals surface area contributed by atoms with Gasteiger partial charge in [-0.3, -0.25) is 5.43 Å². The molecule has 0 fully saturated rings. The van der Waals surface area contributed by atoms with Gasteiger partial charge in [0.2, 0.25) is 0 Å². The average Bonchev–Trinajstić information content (AvgIpc) is 2.60. The molecule has 3 nitrogen and oxygen atoms in total. The summed E-state index contributed by atoms with van der Waals surface area (Å²) in [6.07, 6.45) is 0.974. The van der Waals surface area contributed by atoms with Crippen LogP contribution in [0.2, 0.25) is 0 Å². The normalized spacial score (nSPS) is 15.7. The summed E-state index contributed by atoms with van der Waals surface area (Å²) in [5, 5.41) is 5.73. The van der Waals surface area contributed by atoms with Gasteiger partial charge in [-0.25, -0.2) is 4.98 Å². The Morgan fingerprint density at radius 3 is 2.82 bits per heavy atom. The Labute approximate surface area is 133 Å². The molecule has 0 saturated heterocycles. The molecule has 3 aromatic rings. The van der Waals surface area contributed by atoms with Crippen molar-refractivity contribution in [3.8, 4) is 0 Å². The van der Waals surface area contributed by atoms with E-state index in [0.29, 0.717) is 0 Å². The van der Waals surface area contributed by atoms with Gasteiger partial charge in [0.1, 0.15) is 5.82 Å². The minimum absolute atomic E-state index is 0.780. The highest BCUT2D eigenvalue weighted by atomic mass is 32.2. The summed E-state index contributed by atoms with van der Waals surface area (Å²) < 4.78 is 0. The lowest BCUT2D eigenvalue weighted by molar-refractivity contribution is 1.17. The van der Waals surface area contributed by atoms with Gasteiger partial charge < -0.3 is 0 Å². The first-order valence-electron chi connectivity index (χ1n) is 7.31. The van der Waals surface area contributed by atoms with Gasteiger partial charge in [0, 0.05) is 28.0 Å². The average molecular weight is 305 g/mol. The van der Waals surface area contributed by atoms with Crippen molar-refractivity contribution in [2.75, 3.05) is 11.2 Å². The van der Waals surface area contributed by atoms with Crippen molar-refractivity contribution in [1.29, 1.82) is 0 Å². The van der Waals surface area contributed by atoms with Crippen LogP contribution in [-0.2, 0) is 0 Å². The van der Waals surface area contributed by atoms with Crippen LogP contribution in [0.5, 0.6) is 0 Å². The third-order valence-corrected chi connectivity index (χ3v) is 4.77. The molecule has 108 valence electrons. The number of anilines is 1. The van der Waals surface area contributed by atoms with Crippen LogP contribution in [-0.4, -0.2) is 16.4 Å². The highest BCUT2D eigenvalue weighted by Gasteiger charge is 2.15. The van der Waals surface area contributed by atoms with Gasteiger partial charge in [0.15, 0.2) is 0 Å². The molecule has 2 aromatic carbocycles. The van der Waals surface area contributed by atoms with Crippen molar-refractivity contribution < 1.29 is 0 Å². The second-order valence-corrected chi connectivity index (χ2v) is 6.29. The Hall–Kier alpha value is -2.33. The van der Waals surface area contributed by atoms with Crippen LogP contribution in [0.25, 0.3) is 10.9 Å². The Kier molecular flexibility index (Phi) is 3.52. The van der Waals surface area contributed by atoms with E-state index in [1.165, 1.54) is 10.5 Å². The lowest BCUT2D eigenvalue weighted by Crippen LogP contribution is -2.11. The molecule has 2 heterocycles. The maximum Gasteiger partial charge on any atom is 0.146 e. The fraction of sp³-hybridized carbons (Fsp3) is 0.111. The molecule has 1 aliphatic rings. The second-order valence-electron chi connectivity index (χ2n) is 5.15. The maximum atomic E-state index is 4.59. The molecular formula is C18H15N3S. The molecule has 4 rings (SSSR count). The zero-order chi connectivity index (χ0) is 14.8. The Morgan fingerprint density at radius 1 is 0.955 bits per heavy atom. The third kappa shape index (κ3) is 2.57. The van der Waals surface area contributed by atoms with Crippen molar-refractivity contribution in [2.45, 2.75) is 11.3 Å². The van der Waals surface area contributed by atoms with E-state index in [1.807, 2.05) is 36.0 Å². The standard InChI is InChI=1S/C18H15N3S/c1-3-7-15-13(5-1)9-10-18(19-15)21-20-16-11-12-22-17-8-4-2-6-14(16)17/h1-10H,11-12H2,(H,19,21). The number of benzene rings is 2. The first-order chi connectivity index (χ1) is 10.9. The molecule has 4 heteroatoms. The highest BCUT2D eigenvalue weighted by Crippen LogP contribution is 2.30. The zero-order valence-electron chi connectivity index (χ0n) is 12.0. The lowest BCUT2D eigenvalue weighted by atomic mass is 10.1. The van der Waals surface area contributed by atoms with E-state index in [-0.39, 0.29) is 0 Å². The summed E-state index contributed by atoms with van der Waals surface area (Å²) >= 11 is 1.89. The van der Waals surface area contributed by atoms with Crippen LogP contribution in [0, 0.1) is 0 Å². The maximum absolute atomic E-state index is 4.59. The molecule has 0 atom stereocenters. The van der Waals surface area contributed by atoms with Crippen LogP contribution in [0.4, 0.5) is 5.82 Å². The number of nitrogens with one attached hydrogen (secondary N) is 1. The number of hydrazone groups is 1. The first kappa shape index (κ1) is 13.3. The predicted octanol–water partition coefficient (Wildman–Crippen LogP) is 4.55. The van der Waals surface area contributed by atoms with Crippen molar-refractivity contribution in [1.82, 2.24) is 4.98 Å². The zero-order valence-corrected chi connectivity index (χ0v) is 12.8. The minimum atomic E-state index is 0.780. The van der Waals surface area contributed by atoms with Gasteiger partial charge in [-0.1, -0.05) is 36.4 Å². The van der Waals surface area contributed by atoms with Gasteiger partial charge >= 0.3 is 0 Å². The largest absolute Gasteiger partial charge is 0.261 e. The fourth-order valence-corrected chi connectivity index (χ4v) is 3.62. The van der Waals surface area contributed by atoms with Crippen LogP contribution in [0.1, 0.15) is 12.0 Å². The Bertz CT molecular complexity index is 858. The molecule has 1 aromatic heterocycles. The SMILES string of the molecule is c1ccc2c(c1)SCCC2=NNc1ccc2ccccc2n1. The number of fused-ring (bicyclic) bond motifs is 2. The van der Waals surface area contributed by atoms with E-state index in [4.69, 9.17) is 0 Å². The number of hydrogen-bond donors (Lipinski definition) is 1. The Balaban J connectivity index is 1.63. The predicted molar refractivity (Wildman–Crippen MR) is 93.7 cm³/mol. The number of para-hydroxylation sites is 1. The number of thioether (sulfide) groups is 1. The van der Waals surface area contributed by atoms with Crippen LogP contribution in [0.15, 0.2) is 70.7 Å². The smallest absolute Gasteiger partial charge is 0.146 e. The van der Waals surface area contributed by atoms with Gasteiger partial charge in [0.05, 0.1) is 11.2 Å². The summed E-state index contributed by atoms with van der Waals surface area (Å²) in [4.78, 5) is 5.90. The summed E-state index contributed by atoms with van der Waals surface area (Å²) in [5.41, 5.74) is 6.42. The van der Waals surface area contributed by atoms with Crippen molar-refractivity contribution in [2.24, 2.45) is 5.10 Å². The van der Waals surface area contributed by atoms with E-state index in [9.17, 15) is 0 Å². The number of hydrogen-bond acceptors (Lipinski definition) is 4. The number of rotatable bonds is 2. The first-order valence-corrected chi connectivity index (χ1v) is 8.29. The molecule has 0 saturated carbocycles. The lowest BCUT2D eigenvalue weighted by Gasteiger charge is -2.17. The summed E-state index contributed by atoms with van der Waals surface area (Å²) in [6.45, 7) is 0. The van der Waals surface area contributed by atoms with Crippen LogP contribution < -0.4 is 5.43 Å². The summed E-state index contributed by atoms with van der Waals surface area (Å²) in [6, 6.07) is 20.6. The topological polar surface area (TPSA) is 37.3 Å². The fourth-order valence-electron chi connectivity index (χ4n) is 2.59. The monoisotopic (exact) mass is 305 g/mol. The molecule has 0 amide bonds. The molecule has 0 bridgehead atoms. The van der Waals surface area contributed by atoms with Crippen molar-refractivity contribution in [3.05, 3.63) is 66.2 Å². The van der Waals surface area contributed by atoms with E-state index >= 15 is 0 Å². The molecule has 0 aliphatic carbocycles. The van der Waals surface area contributed by atoms with Crippen LogP contribution in [0.3, 0.4) is 0 Å². The van der Waals surface area contributed by atoms with Gasteiger partial charge in [-0.2, -0.15) is 5.10 Å². The summed E-state index contributed by atoms with van der Waals surface area (Å²) in [5.74, 6) is 1.85. The molecular weight excluding hydrogens is 290 g/mol. The Morgan fingerprint density at radius 2 is 1.82 bits per heavy atom.